The van der Waals surface area contributed by atoms with Crippen molar-refractivity contribution in [2.45, 2.75) is 39.2 Å². The van der Waals surface area contributed by atoms with Crippen molar-refractivity contribution < 1.29 is 4.79 Å². The third-order valence-corrected chi connectivity index (χ3v) is 5.76. The summed E-state index contributed by atoms with van der Waals surface area (Å²) in [7, 11) is 0. The summed E-state index contributed by atoms with van der Waals surface area (Å²) in [4.78, 5) is 17.8. The molecular formula is C19H22N6OS. The molecule has 1 aromatic carbocycles. The standard InChI is InChI=1S/C19H22N6OS/c1-12(18-20-11-13(2)27-18)10-21-19(26)22-15-6-3-5-14(9-15)17-24-23-16-7-4-8-25(16)17/h3,5-6,9,11-12H,4,7-8,10H2,1-2H3,(H2,21,22,26). The number of hydrogen-bond acceptors (Lipinski definition) is 5. The number of thiazole rings is 1. The van der Waals surface area contributed by atoms with Gasteiger partial charge >= 0.3 is 6.03 Å². The van der Waals surface area contributed by atoms with Gasteiger partial charge in [-0.25, -0.2) is 9.78 Å². The third-order valence-electron chi connectivity index (χ3n) is 4.62. The second-order valence-corrected chi connectivity index (χ2v) is 8.09. The topological polar surface area (TPSA) is 84.7 Å². The summed E-state index contributed by atoms with van der Waals surface area (Å²) in [5.41, 5.74) is 1.69. The first kappa shape index (κ1) is 17.7. The zero-order chi connectivity index (χ0) is 18.8. The molecule has 1 aliphatic heterocycles. The highest BCUT2D eigenvalue weighted by atomic mass is 32.1. The van der Waals surface area contributed by atoms with Crippen molar-refractivity contribution in [3.05, 3.63) is 46.2 Å². The van der Waals surface area contributed by atoms with Crippen molar-refractivity contribution in [2.24, 2.45) is 0 Å². The van der Waals surface area contributed by atoms with E-state index in [1.807, 2.05) is 37.4 Å². The van der Waals surface area contributed by atoms with Crippen molar-refractivity contribution >= 4 is 23.1 Å². The van der Waals surface area contributed by atoms with Gasteiger partial charge in [0.05, 0.1) is 5.01 Å². The molecule has 3 heterocycles. The molecule has 3 aromatic rings. The molecule has 140 valence electrons. The molecule has 0 saturated carbocycles. The zero-order valence-corrected chi connectivity index (χ0v) is 16.2. The molecule has 0 aliphatic carbocycles. The van der Waals surface area contributed by atoms with E-state index >= 15 is 0 Å². The molecule has 0 radical (unpaired) electrons. The van der Waals surface area contributed by atoms with Crippen LogP contribution in [0.4, 0.5) is 10.5 Å². The van der Waals surface area contributed by atoms with Crippen LogP contribution in [0.15, 0.2) is 30.5 Å². The highest BCUT2D eigenvalue weighted by Gasteiger charge is 2.18. The maximum Gasteiger partial charge on any atom is 0.319 e. The van der Waals surface area contributed by atoms with Crippen LogP contribution in [-0.4, -0.2) is 32.3 Å². The average Bonchev–Trinajstić information content (AvgIpc) is 3.36. The number of rotatable bonds is 5. The van der Waals surface area contributed by atoms with Crippen molar-refractivity contribution in [1.82, 2.24) is 25.1 Å². The summed E-state index contributed by atoms with van der Waals surface area (Å²) >= 11 is 1.66. The summed E-state index contributed by atoms with van der Waals surface area (Å²) in [5.74, 6) is 2.08. The third kappa shape index (κ3) is 3.85. The van der Waals surface area contributed by atoms with Crippen LogP contribution in [-0.2, 0) is 13.0 Å². The van der Waals surface area contributed by atoms with Crippen LogP contribution in [0.1, 0.15) is 35.0 Å². The van der Waals surface area contributed by atoms with E-state index in [1.54, 1.807) is 11.3 Å². The lowest BCUT2D eigenvalue weighted by atomic mass is 10.2. The fraction of sp³-hybridized carbons (Fsp3) is 0.368. The largest absolute Gasteiger partial charge is 0.337 e. The van der Waals surface area contributed by atoms with E-state index in [0.29, 0.717) is 6.54 Å². The van der Waals surface area contributed by atoms with Crippen LogP contribution >= 0.6 is 11.3 Å². The Hall–Kier alpha value is -2.74. The van der Waals surface area contributed by atoms with Gasteiger partial charge in [0.25, 0.3) is 0 Å². The lowest BCUT2D eigenvalue weighted by Crippen LogP contribution is -2.31. The molecule has 7 nitrogen and oxygen atoms in total. The van der Waals surface area contributed by atoms with Gasteiger partial charge in [0.1, 0.15) is 5.82 Å². The monoisotopic (exact) mass is 382 g/mol. The smallest absolute Gasteiger partial charge is 0.319 e. The van der Waals surface area contributed by atoms with Crippen LogP contribution in [0.5, 0.6) is 0 Å². The molecule has 1 unspecified atom stereocenters. The number of nitrogens with zero attached hydrogens (tertiary/aromatic N) is 4. The molecule has 8 heteroatoms. The molecule has 1 atom stereocenters. The van der Waals surface area contributed by atoms with Gasteiger partial charge in [0.2, 0.25) is 0 Å². The van der Waals surface area contributed by atoms with Gasteiger partial charge in [-0.05, 0) is 25.5 Å². The minimum Gasteiger partial charge on any atom is -0.337 e. The number of aryl methyl sites for hydroxylation is 2. The van der Waals surface area contributed by atoms with Gasteiger partial charge in [-0.15, -0.1) is 21.5 Å². The van der Waals surface area contributed by atoms with Gasteiger partial charge in [-0.2, -0.15) is 0 Å². The molecule has 2 aromatic heterocycles. The molecule has 0 spiro atoms. The van der Waals surface area contributed by atoms with E-state index in [9.17, 15) is 4.79 Å². The van der Waals surface area contributed by atoms with E-state index < -0.39 is 0 Å². The number of anilines is 1. The minimum absolute atomic E-state index is 0.180. The minimum atomic E-state index is -0.223. The Labute approximate surface area is 161 Å². The molecule has 1 aliphatic rings. The molecule has 4 rings (SSSR count). The molecule has 27 heavy (non-hydrogen) atoms. The quantitative estimate of drug-likeness (QED) is 0.706. The van der Waals surface area contributed by atoms with Gasteiger partial charge in [-0.1, -0.05) is 19.1 Å². The Morgan fingerprint density at radius 3 is 3.07 bits per heavy atom. The summed E-state index contributed by atoms with van der Waals surface area (Å²) in [6.45, 7) is 5.58. The second kappa shape index (κ2) is 7.48. The van der Waals surface area contributed by atoms with Crippen LogP contribution < -0.4 is 10.6 Å². The van der Waals surface area contributed by atoms with Crippen molar-refractivity contribution in [3.8, 4) is 11.4 Å². The number of carbonyl (C=O) groups is 1. The second-order valence-electron chi connectivity index (χ2n) is 6.82. The van der Waals surface area contributed by atoms with Crippen LogP contribution in [0, 0.1) is 6.92 Å². The van der Waals surface area contributed by atoms with Crippen LogP contribution in [0.25, 0.3) is 11.4 Å². The van der Waals surface area contributed by atoms with Gasteiger partial charge in [0, 0.05) is 47.8 Å². The van der Waals surface area contributed by atoms with E-state index in [2.05, 4.69) is 37.3 Å². The summed E-state index contributed by atoms with van der Waals surface area (Å²) in [6, 6.07) is 7.49. The number of urea groups is 1. The number of fused-ring (bicyclic) bond motifs is 1. The SMILES string of the molecule is Cc1cnc(C(C)CNC(=O)Nc2cccc(-c3nnc4n3CCC4)c2)s1. The maximum absolute atomic E-state index is 12.3. The fourth-order valence-corrected chi connectivity index (χ4v) is 4.03. The van der Waals surface area contributed by atoms with Crippen molar-refractivity contribution in [1.29, 1.82) is 0 Å². The fourth-order valence-electron chi connectivity index (χ4n) is 3.21. The lowest BCUT2D eigenvalue weighted by Gasteiger charge is -2.12. The van der Waals surface area contributed by atoms with Gasteiger partial charge < -0.3 is 15.2 Å². The number of aromatic nitrogens is 4. The Morgan fingerprint density at radius 1 is 1.37 bits per heavy atom. The maximum atomic E-state index is 12.3. The van der Waals surface area contributed by atoms with Crippen molar-refractivity contribution in [3.63, 3.8) is 0 Å². The molecule has 0 saturated heterocycles. The van der Waals surface area contributed by atoms with E-state index in [4.69, 9.17) is 0 Å². The molecule has 2 N–H and O–H groups in total. The highest BCUT2D eigenvalue weighted by molar-refractivity contribution is 7.11. The number of amides is 2. The molecule has 0 fully saturated rings. The first-order valence-electron chi connectivity index (χ1n) is 9.10. The Balaban J connectivity index is 1.38. The van der Waals surface area contributed by atoms with E-state index in [1.165, 1.54) is 4.88 Å². The Morgan fingerprint density at radius 2 is 2.26 bits per heavy atom. The van der Waals surface area contributed by atoms with Crippen molar-refractivity contribution in [2.75, 3.05) is 11.9 Å². The predicted octanol–water partition coefficient (Wildman–Crippen LogP) is 3.58. The number of benzene rings is 1. The summed E-state index contributed by atoms with van der Waals surface area (Å²) in [5, 5.41) is 15.4. The highest BCUT2D eigenvalue weighted by Crippen LogP contribution is 2.25. The zero-order valence-electron chi connectivity index (χ0n) is 15.4. The summed E-state index contributed by atoms with van der Waals surface area (Å²) < 4.78 is 2.15. The predicted molar refractivity (Wildman–Crippen MR) is 106 cm³/mol. The molecule has 2 amide bonds. The number of carbonyl (C=O) groups excluding carboxylic acids is 1. The normalized spacial score (nSPS) is 14.0. The van der Waals surface area contributed by atoms with Crippen LogP contribution in [0.2, 0.25) is 0 Å². The van der Waals surface area contributed by atoms with Crippen LogP contribution in [0.3, 0.4) is 0 Å². The lowest BCUT2D eigenvalue weighted by molar-refractivity contribution is 0.251. The van der Waals surface area contributed by atoms with E-state index in [-0.39, 0.29) is 11.9 Å². The van der Waals surface area contributed by atoms with E-state index in [0.717, 1.165) is 47.3 Å². The first-order chi connectivity index (χ1) is 13.1. The number of nitrogens with one attached hydrogen (secondary N) is 2. The van der Waals surface area contributed by atoms with Gasteiger partial charge in [0.15, 0.2) is 5.82 Å². The molecule has 0 bridgehead atoms. The first-order valence-corrected chi connectivity index (χ1v) is 9.91. The Bertz CT molecular complexity index is 963. The average molecular weight is 382 g/mol. The summed E-state index contributed by atoms with van der Waals surface area (Å²) in [6.07, 6.45) is 3.95. The molecular weight excluding hydrogens is 360 g/mol. The number of hydrogen-bond donors (Lipinski definition) is 2. The van der Waals surface area contributed by atoms with Gasteiger partial charge in [-0.3, -0.25) is 0 Å². The Kier molecular flexibility index (Phi) is 4.89.